The second kappa shape index (κ2) is 13.9. The first-order chi connectivity index (χ1) is 21.1. The van der Waals surface area contributed by atoms with Gasteiger partial charge in [0.05, 0.1) is 12.2 Å². The molecule has 1 aromatic heterocycles. The zero-order valence-corrected chi connectivity index (χ0v) is 26.1. The van der Waals surface area contributed by atoms with Gasteiger partial charge in [-0.1, -0.05) is 41.4 Å². The number of aromatic amines is 1. The molecular weight excluding hydrogens is 659 g/mol. The van der Waals surface area contributed by atoms with E-state index in [1.807, 2.05) is 6.07 Å². The van der Waals surface area contributed by atoms with Gasteiger partial charge in [0.25, 0.3) is 0 Å². The molecule has 1 saturated carbocycles. The number of ether oxygens (including phenoxy) is 3. The Balaban J connectivity index is 1.47. The van der Waals surface area contributed by atoms with Crippen LogP contribution in [0.2, 0.25) is 10.0 Å². The molecule has 1 aliphatic heterocycles. The third-order valence-electron chi connectivity index (χ3n) is 7.02. The quantitative estimate of drug-likeness (QED) is 0.224. The number of thioether (sulfide) groups is 1. The minimum absolute atomic E-state index is 0.0161. The first kappa shape index (κ1) is 32.2. The number of rotatable bonds is 12. The number of hydrogen-bond acceptors (Lipinski definition) is 8. The van der Waals surface area contributed by atoms with Gasteiger partial charge >= 0.3 is 12.6 Å². The zero-order valence-electron chi connectivity index (χ0n) is 22.9. The van der Waals surface area contributed by atoms with Crippen LogP contribution in [-0.4, -0.2) is 49.6 Å². The van der Waals surface area contributed by atoms with Crippen LogP contribution in [-0.2, 0) is 26.0 Å². The lowest BCUT2D eigenvalue weighted by Gasteiger charge is -2.26. The number of aromatic nitrogens is 1. The lowest BCUT2D eigenvalue weighted by molar-refractivity contribution is -0.377. The molecule has 1 saturated heterocycles. The van der Waals surface area contributed by atoms with Gasteiger partial charge in [-0.2, -0.15) is 18.3 Å². The summed E-state index contributed by atoms with van der Waals surface area (Å²) in [5.74, 6) is -0.382. The molecule has 0 spiro atoms. The molecule has 0 bridgehead atoms. The Bertz CT molecular complexity index is 1670. The predicted octanol–water partition coefficient (Wildman–Crippen LogP) is 5.66. The van der Waals surface area contributed by atoms with Crippen molar-refractivity contribution in [2.75, 3.05) is 18.9 Å². The maximum Gasteiger partial charge on any atom is 0.387 e. The van der Waals surface area contributed by atoms with E-state index in [9.17, 15) is 27.3 Å². The fraction of sp³-hybridized carbons (Fsp3) is 0.345. The number of esters is 1. The summed E-state index contributed by atoms with van der Waals surface area (Å²) < 4.78 is 70.9. The number of carbonyl (C=O) groups excluding carboxylic acids is 1. The maximum absolute atomic E-state index is 13.7. The van der Waals surface area contributed by atoms with Gasteiger partial charge in [-0.15, -0.1) is 11.8 Å². The van der Waals surface area contributed by atoms with Crippen molar-refractivity contribution in [2.45, 2.75) is 42.2 Å². The second-order valence-corrected chi connectivity index (χ2v) is 13.9. The molecular formula is C29H26Cl2F2N3O6S2+. The van der Waals surface area contributed by atoms with E-state index in [4.69, 9.17) is 32.7 Å². The van der Waals surface area contributed by atoms with E-state index >= 15 is 0 Å². The largest absolute Gasteiger partial charge is 0.489 e. The average Bonchev–Trinajstić information content (AvgIpc) is 3.69. The van der Waals surface area contributed by atoms with E-state index < -0.39 is 34.1 Å². The molecule has 15 heteroatoms. The number of alkyl halides is 2. The van der Waals surface area contributed by atoms with Gasteiger partial charge in [-0.05, 0) is 48.6 Å². The third kappa shape index (κ3) is 7.38. The molecule has 9 nitrogen and oxygen atoms in total. The monoisotopic (exact) mass is 684 g/mol. The van der Waals surface area contributed by atoms with Crippen molar-refractivity contribution in [3.8, 4) is 17.6 Å². The Morgan fingerprint density at radius 3 is 2.55 bits per heavy atom. The van der Waals surface area contributed by atoms with E-state index in [2.05, 4.69) is 9.72 Å². The number of sulfonamides is 1. The second-order valence-electron chi connectivity index (χ2n) is 10.0. The van der Waals surface area contributed by atoms with E-state index in [0.29, 0.717) is 29.4 Å². The first-order valence-corrected chi connectivity index (χ1v) is 16.7. The highest BCUT2D eigenvalue weighted by Crippen LogP contribution is 2.39. The fourth-order valence-corrected chi connectivity index (χ4v) is 8.33. The highest BCUT2D eigenvalue weighted by molar-refractivity contribution is 8.02. The third-order valence-corrected chi connectivity index (χ3v) is 10.9. The van der Waals surface area contributed by atoms with Crippen LogP contribution in [0.1, 0.15) is 35.6 Å². The summed E-state index contributed by atoms with van der Waals surface area (Å²) in [7, 11) is -4.25. The lowest BCUT2D eigenvalue weighted by atomic mass is 10.0. The van der Waals surface area contributed by atoms with Gasteiger partial charge in [-0.25, -0.2) is 18.2 Å². The van der Waals surface area contributed by atoms with Crippen molar-refractivity contribution in [1.29, 1.82) is 5.26 Å². The SMILES string of the molecule is N#Cc1ccccc1S(=O)(=O)N1CCS[C@H]1C(=O)O[C@@H](Cc1c(Cl)c[nH+]cc1Cl)c1ccc(OC(F)F)c(OCC2CC2)c1. The lowest BCUT2D eigenvalue weighted by Crippen LogP contribution is -2.41. The number of nitrogens with zero attached hydrogens (tertiary/aromatic N) is 2. The topological polar surface area (TPSA) is 120 Å². The molecule has 0 radical (unpaired) electrons. The molecule has 2 aliphatic rings. The Kier molecular flexibility index (Phi) is 10.2. The summed E-state index contributed by atoms with van der Waals surface area (Å²) in [5, 5.41) is 8.74. The van der Waals surface area contributed by atoms with Crippen LogP contribution in [0.4, 0.5) is 8.78 Å². The predicted molar refractivity (Wildman–Crippen MR) is 158 cm³/mol. The van der Waals surface area contributed by atoms with Crippen molar-refractivity contribution in [3.05, 3.63) is 81.6 Å². The Morgan fingerprint density at radius 2 is 1.86 bits per heavy atom. The van der Waals surface area contributed by atoms with Gasteiger partial charge in [0.2, 0.25) is 10.0 Å². The summed E-state index contributed by atoms with van der Waals surface area (Å²) in [6.07, 6.45) is 3.81. The number of benzene rings is 2. The molecule has 0 amide bonds. The fourth-order valence-electron chi connectivity index (χ4n) is 4.60. The van der Waals surface area contributed by atoms with Gasteiger partial charge in [0, 0.05) is 24.3 Å². The number of carbonyl (C=O) groups is 1. The van der Waals surface area contributed by atoms with E-state index in [1.54, 1.807) is 6.07 Å². The van der Waals surface area contributed by atoms with Crippen LogP contribution in [0.3, 0.4) is 0 Å². The van der Waals surface area contributed by atoms with Gasteiger partial charge < -0.3 is 14.2 Å². The van der Waals surface area contributed by atoms with E-state index in [-0.39, 0.29) is 45.0 Å². The van der Waals surface area contributed by atoms with Crippen molar-refractivity contribution >= 4 is 51.0 Å². The number of nitriles is 1. The molecule has 0 unspecified atom stereocenters. The molecule has 1 aliphatic carbocycles. The highest BCUT2D eigenvalue weighted by atomic mass is 35.5. The molecule has 1 N–H and O–H groups in total. The Hall–Kier alpha value is -3.15. The van der Waals surface area contributed by atoms with Crippen LogP contribution in [0.5, 0.6) is 11.5 Å². The number of pyridine rings is 1. The van der Waals surface area contributed by atoms with Gasteiger partial charge in [0.1, 0.15) is 27.1 Å². The average molecular weight is 686 g/mol. The van der Waals surface area contributed by atoms with Crippen molar-refractivity contribution in [2.24, 2.45) is 5.92 Å². The summed E-state index contributed by atoms with van der Waals surface area (Å²) in [6.45, 7) is -2.77. The summed E-state index contributed by atoms with van der Waals surface area (Å²) in [4.78, 5) is 16.3. The smallest absolute Gasteiger partial charge is 0.387 e. The minimum Gasteiger partial charge on any atom is -0.489 e. The van der Waals surface area contributed by atoms with Gasteiger partial charge in [-0.3, -0.25) is 0 Å². The molecule has 2 aromatic carbocycles. The molecule has 3 aromatic rings. The summed E-state index contributed by atoms with van der Waals surface area (Å²) in [5.41, 5.74) is 0.743. The summed E-state index contributed by atoms with van der Waals surface area (Å²) >= 11 is 13.9. The van der Waals surface area contributed by atoms with E-state index in [0.717, 1.165) is 28.9 Å². The number of hydrogen-bond donors (Lipinski definition) is 0. The number of halogens is 4. The van der Waals surface area contributed by atoms with Gasteiger partial charge in [0.15, 0.2) is 29.3 Å². The normalized spacial score (nSPS) is 17.7. The Labute approximate surface area is 267 Å². The molecule has 232 valence electrons. The van der Waals surface area contributed by atoms with Crippen LogP contribution in [0.25, 0.3) is 0 Å². The number of H-pyrrole nitrogens is 1. The molecule has 44 heavy (non-hydrogen) atoms. The molecule has 2 fully saturated rings. The van der Waals surface area contributed by atoms with Crippen LogP contribution in [0.15, 0.2) is 59.8 Å². The maximum atomic E-state index is 13.7. The van der Waals surface area contributed by atoms with Crippen molar-refractivity contribution in [3.63, 3.8) is 0 Å². The van der Waals surface area contributed by atoms with Crippen LogP contribution >= 0.6 is 35.0 Å². The standard InChI is InChI=1S/C29H25Cl2F2N3O6S2/c30-21-14-35-15-22(31)20(21)12-24(18-7-8-23(42-29(32)33)25(11-18)40-16-17-5-6-17)41-28(37)27-36(9-10-43-27)44(38,39)26-4-2-1-3-19(26)13-34/h1-4,7-8,11,14-15,17,24,27,29H,5-6,9-10,12,16H2/p+1/t24-,27-/m0/s1. The molecule has 5 rings (SSSR count). The van der Waals surface area contributed by atoms with Crippen LogP contribution in [0, 0.1) is 17.2 Å². The zero-order chi connectivity index (χ0) is 31.4. The first-order valence-electron chi connectivity index (χ1n) is 13.5. The molecule has 2 heterocycles. The van der Waals surface area contributed by atoms with Crippen LogP contribution < -0.4 is 14.5 Å². The van der Waals surface area contributed by atoms with E-state index in [1.165, 1.54) is 48.8 Å². The van der Waals surface area contributed by atoms with Crippen molar-refractivity contribution < 1.29 is 41.2 Å². The molecule has 2 atom stereocenters. The minimum atomic E-state index is -4.25. The summed E-state index contributed by atoms with van der Waals surface area (Å²) in [6, 6.07) is 11.8. The van der Waals surface area contributed by atoms with Crippen molar-refractivity contribution in [1.82, 2.24) is 4.31 Å². The number of nitrogens with one attached hydrogen (secondary N) is 1. The highest BCUT2D eigenvalue weighted by Gasteiger charge is 2.43. The Morgan fingerprint density at radius 1 is 1.14 bits per heavy atom.